The van der Waals surface area contributed by atoms with Gasteiger partial charge in [-0.15, -0.1) is 0 Å². The second-order valence-corrected chi connectivity index (χ2v) is 9.84. The van der Waals surface area contributed by atoms with Crippen LogP contribution >= 0.6 is 7.80 Å². The second-order valence-electron chi connectivity index (χ2n) is 7.61. The number of carbonyl (C=O) groups excluding carboxylic acids is 1. The second kappa shape index (κ2) is 6.48. The minimum absolute atomic E-state index is 0.179. The van der Waals surface area contributed by atoms with Crippen LogP contribution in [-0.4, -0.2) is 16.6 Å². The van der Waals surface area contributed by atoms with Gasteiger partial charge in [0.25, 0.3) is 0 Å². The average Bonchev–Trinajstić information content (AvgIpc) is 3.18. The zero-order chi connectivity index (χ0) is 16.6. The van der Waals surface area contributed by atoms with Gasteiger partial charge in [-0.3, -0.25) is 9.36 Å². The van der Waals surface area contributed by atoms with Crippen molar-refractivity contribution in [1.82, 2.24) is 0 Å². The highest BCUT2D eigenvalue weighted by atomic mass is 31.1. The smallest absolute Gasteiger partial charge is 0.180 e. The summed E-state index contributed by atoms with van der Waals surface area (Å²) in [6, 6.07) is 4.18. The van der Waals surface area contributed by atoms with Crippen LogP contribution in [0.25, 0.3) is 0 Å². The fourth-order valence-corrected chi connectivity index (χ4v) is 7.37. The Morgan fingerprint density at radius 3 is 2.04 bits per heavy atom. The van der Waals surface area contributed by atoms with Crippen LogP contribution in [0.5, 0.6) is 0 Å². The van der Waals surface area contributed by atoms with Gasteiger partial charge in [0.15, 0.2) is 5.78 Å². The van der Waals surface area contributed by atoms with Crippen molar-refractivity contribution in [3.8, 4) is 0 Å². The third-order valence-corrected chi connectivity index (χ3v) is 8.51. The maximum atomic E-state index is 13.5. The topological polar surface area (TPSA) is 34.1 Å². The molecule has 2 aliphatic carbocycles. The third-order valence-electron chi connectivity index (χ3n) is 5.84. The Morgan fingerprint density at radius 1 is 1.00 bits per heavy atom. The number of Topliss-reactive ketones (excluding diaryl/α,β-unsaturated/α-hetero) is 1. The molecule has 1 radical (unpaired) electrons. The summed E-state index contributed by atoms with van der Waals surface area (Å²) < 4.78 is 13.4. The molecule has 23 heavy (non-hydrogen) atoms. The Kier molecular flexibility index (Phi) is 4.74. The van der Waals surface area contributed by atoms with Gasteiger partial charge in [-0.1, -0.05) is 43.4 Å². The molecule has 3 rings (SSSR count). The predicted octanol–water partition coefficient (Wildman–Crippen LogP) is 5.88. The molecule has 0 aliphatic heterocycles. The fourth-order valence-electron chi connectivity index (χ4n) is 4.77. The number of benzene rings is 1. The normalized spacial score (nSPS) is 21.6. The molecule has 0 heterocycles. The van der Waals surface area contributed by atoms with Gasteiger partial charge in [-0.2, -0.15) is 0 Å². The van der Waals surface area contributed by atoms with Gasteiger partial charge in [0.1, 0.15) is 5.16 Å². The monoisotopic (exact) mass is 331 g/mol. The van der Waals surface area contributed by atoms with Crippen LogP contribution in [0.1, 0.15) is 78.4 Å². The molecule has 3 heteroatoms. The first-order valence-electron chi connectivity index (χ1n) is 9.05. The van der Waals surface area contributed by atoms with E-state index < -0.39 is 13.0 Å². The first-order chi connectivity index (χ1) is 11.0. The zero-order valence-electron chi connectivity index (χ0n) is 14.7. The highest BCUT2D eigenvalue weighted by Crippen LogP contribution is 2.58. The number of hydrogen-bond acceptors (Lipinski definition) is 2. The summed E-state index contributed by atoms with van der Waals surface area (Å²) in [6.07, 6.45) is 8.20. The molecule has 0 saturated heterocycles. The quantitative estimate of drug-likeness (QED) is 0.510. The van der Waals surface area contributed by atoms with E-state index in [0.29, 0.717) is 0 Å². The van der Waals surface area contributed by atoms with Crippen molar-refractivity contribution < 1.29 is 9.36 Å². The molecule has 0 amide bonds. The number of aryl methyl sites for hydroxylation is 3. The van der Waals surface area contributed by atoms with Crippen LogP contribution in [0.3, 0.4) is 0 Å². The Morgan fingerprint density at radius 2 is 1.52 bits per heavy atom. The lowest BCUT2D eigenvalue weighted by Gasteiger charge is -2.30. The number of ketones is 1. The average molecular weight is 331 g/mol. The van der Waals surface area contributed by atoms with E-state index in [1.54, 1.807) is 0 Å². The van der Waals surface area contributed by atoms with Gasteiger partial charge in [-0.05, 0) is 57.6 Å². The largest absolute Gasteiger partial charge is 0.293 e. The Bertz CT molecular complexity index is 612. The third kappa shape index (κ3) is 2.91. The van der Waals surface area contributed by atoms with Crippen LogP contribution in [0.15, 0.2) is 12.1 Å². The SMILES string of the molecule is Cc1cc(C)c(C(=O)C2([P](=O)C3CCCC3)CCCC2)c(C)c1. The van der Waals surface area contributed by atoms with Gasteiger partial charge in [-0.25, -0.2) is 0 Å². The van der Waals surface area contributed by atoms with E-state index in [0.717, 1.165) is 55.2 Å². The van der Waals surface area contributed by atoms with Crippen molar-refractivity contribution in [2.45, 2.75) is 83.0 Å². The molecule has 0 bridgehead atoms. The van der Waals surface area contributed by atoms with Crippen LogP contribution < -0.4 is 0 Å². The molecular formula is C20H28O2P. The van der Waals surface area contributed by atoms with Gasteiger partial charge < -0.3 is 0 Å². The van der Waals surface area contributed by atoms with Gasteiger partial charge in [0, 0.05) is 11.2 Å². The molecule has 1 aromatic rings. The molecule has 2 fully saturated rings. The molecule has 1 unspecified atom stereocenters. The van der Waals surface area contributed by atoms with Gasteiger partial charge >= 0.3 is 0 Å². The molecule has 125 valence electrons. The molecule has 2 aliphatic rings. The molecule has 0 spiro atoms. The number of rotatable bonds is 4. The molecule has 1 aromatic carbocycles. The van der Waals surface area contributed by atoms with Crippen molar-refractivity contribution in [1.29, 1.82) is 0 Å². The minimum atomic E-state index is -1.46. The summed E-state index contributed by atoms with van der Waals surface area (Å²) in [5, 5.41) is -0.574. The molecule has 1 atom stereocenters. The summed E-state index contributed by atoms with van der Waals surface area (Å²) in [7, 11) is -1.46. The Hall–Kier alpha value is -1.01. The maximum Gasteiger partial charge on any atom is 0.180 e. The maximum absolute atomic E-state index is 13.5. The lowest BCUT2D eigenvalue weighted by Crippen LogP contribution is -2.35. The van der Waals surface area contributed by atoms with Gasteiger partial charge in [0.2, 0.25) is 0 Å². The first-order valence-corrected chi connectivity index (χ1v) is 10.4. The summed E-state index contributed by atoms with van der Waals surface area (Å²) in [5.74, 6) is 0.179. The van der Waals surface area contributed by atoms with Gasteiger partial charge in [0.05, 0.1) is 7.80 Å². The van der Waals surface area contributed by atoms with E-state index in [1.165, 1.54) is 18.4 Å². The Labute approximate surface area is 140 Å². The summed E-state index contributed by atoms with van der Waals surface area (Å²) in [5.41, 5.74) is 4.41. The van der Waals surface area contributed by atoms with Crippen molar-refractivity contribution in [2.75, 3.05) is 0 Å². The molecular weight excluding hydrogens is 303 g/mol. The minimum Gasteiger partial charge on any atom is -0.293 e. The molecule has 2 saturated carbocycles. The summed E-state index contributed by atoms with van der Waals surface area (Å²) in [4.78, 5) is 13.5. The van der Waals surface area contributed by atoms with Crippen LogP contribution in [0, 0.1) is 20.8 Å². The summed E-state index contributed by atoms with van der Waals surface area (Å²) >= 11 is 0. The first kappa shape index (κ1) is 16.8. The van der Waals surface area contributed by atoms with Crippen molar-refractivity contribution in [2.24, 2.45) is 0 Å². The summed E-state index contributed by atoms with van der Waals surface area (Å²) in [6.45, 7) is 6.12. The molecule has 2 nitrogen and oxygen atoms in total. The lowest BCUT2D eigenvalue weighted by atomic mass is 9.88. The van der Waals surface area contributed by atoms with E-state index in [2.05, 4.69) is 19.1 Å². The standard InChI is InChI=1S/C20H28O2P/c1-14-12-15(2)18(16(3)13-14)19(21)20(10-6-7-11-20)23(22)17-8-4-5-9-17/h12-13,17H,4-11H2,1-3H3. The van der Waals surface area contributed by atoms with Crippen LogP contribution in [0.2, 0.25) is 0 Å². The van der Waals surface area contributed by atoms with E-state index in [4.69, 9.17) is 0 Å². The number of hydrogen-bond donors (Lipinski definition) is 0. The molecule has 0 aromatic heterocycles. The zero-order valence-corrected chi connectivity index (χ0v) is 15.5. The highest BCUT2D eigenvalue weighted by Gasteiger charge is 2.50. The Balaban J connectivity index is 2.01. The van der Waals surface area contributed by atoms with Crippen LogP contribution in [0.4, 0.5) is 0 Å². The van der Waals surface area contributed by atoms with Crippen molar-refractivity contribution >= 4 is 13.6 Å². The van der Waals surface area contributed by atoms with E-state index in [-0.39, 0.29) is 11.4 Å². The van der Waals surface area contributed by atoms with E-state index in [9.17, 15) is 9.36 Å². The van der Waals surface area contributed by atoms with E-state index in [1.807, 2.05) is 13.8 Å². The fraction of sp³-hybridized carbons (Fsp3) is 0.650. The van der Waals surface area contributed by atoms with E-state index >= 15 is 0 Å². The van der Waals surface area contributed by atoms with Crippen molar-refractivity contribution in [3.63, 3.8) is 0 Å². The number of carbonyl (C=O) groups is 1. The lowest BCUT2D eigenvalue weighted by molar-refractivity contribution is 0.0938. The van der Waals surface area contributed by atoms with Crippen molar-refractivity contribution in [3.05, 3.63) is 34.4 Å². The predicted molar refractivity (Wildman–Crippen MR) is 96.0 cm³/mol. The van der Waals surface area contributed by atoms with Crippen LogP contribution in [-0.2, 0) is 4.57 Å². The highest BCUT2D eigenvalue weighted by molar-refractivity contribution is 7.49. The molecule has 0 N–H and O–H groups in total.